The third-order valence-electron chi connectivity index (χ3n) is 4.76. The van der Waals surface area contributed by atoms with Gasteiger partial charge in [0.2, 0.25) is 0 Å². The van der Waals surface area contributed by atoms with Crippen LogP contribution in [0.25, 0.3) is 0 Å². The van der Waals surface area contributed by atoms with E-state index in [4.69, 9.17) is 0 Å². The summed E-state index contributed by atoms with van der Waals surface area (Å²) < 4.78 is 0. The third kappa shape index (κ3) is 6.08. The molecule has 0 unspecified atom stereocenters. The predicted octanol–water partition coefficient (Wildman–Crippen LogP) is 0.945. The Hall–Kier alpha value is -0.160. The zero-order valence-electron chi connectivity index (χ0n) is 13.6. The Morgan fingerprint density at radius 1 is 0.950 bits per heavy atom. The lowest BCUT2D eigenvalue weighted by Gasteiger charge is -2.33. The Balaban J connectivity index is 1.48. The van der Waals surface area contributed by atoms with Crippen molar-refractivity contribution in [3.05, 3.63) is 0 Å². The normalized spacial score (nSPS) is 22.9. The van der Waals surface area contributed by atoms with Gasteiger partial charge in [0, 0.05) is 32.7 Å². The number of likely N-dealkylation sites (N-methyl/N-ethyl adjacent to an activating group) is 1. The molecule has 20 heavy (non-hydrogen) atoms. The highest BCUT2D eigenvalue weighted by atomic mass is 15.2. The number of piperidine rings is 1. The zero-order valence-corrected chi connectivity index (χ0v) is 13.6. The predicted molar refractivity (Wildman–Crippen MR) is 86.3 cm³/mol. The lowest BCUT2D eigenvalue weighted by molar-refractivity contribution is 0.154. The van der Waals surface area contributed by atoms with E-state index in [1.165, 1.54) is 65.0 Å². The van der Waals surface area contributed by atoms with E-state index in [9.17, 15) is 0 Å². The number of nitrogens with zero attached hydrogens (tertiary/aromatic N) is 3. The molecule has 0 atom stereocenters. The molecule has 2 saturated heterocycles. The molecule has 0 saturated carbocycles. The Kier molecular flexibility index (Phi) is 7.28. The van der Waals surface area contributed by atoms with Gasteiger partial charge in [-0.25, -0.2) is 0 Å². The summed E-state index contributed by atoms with van der Waals surface area (Å²) in [7, 11) is 4.26. The van der Waals surface area contributed by atoms with E-state index in [1.54, 1.807) is 0 Å². The summed E-state index contributed by atoms with van der Waals surface area (Å²) in [5.74, 6) is 0.964. The summed E-state index contributed by atoms with van der Waals surface area (Å²) in [5.41, 5.74) is 0. The van der Waals surface area contributed by atoms with Crippen LogP contribution in [-0.2, 0) is 0 Å². The number of likely N-dealkylation sites (tertiary alicyclic amines) is 2. The van der Waals surface area contributed by atoms with Crippen molar-refractivity contribution in [2.45, 2.75) is 25.7 Å². The molecular formula is C16H34N4. The molecule has 0 aliphatic carbocycles. The fourth-order valence-corrected chi connectivity index (χ4v) is 3.39. The van der Waals surface area contributed by atoms with Gasteiger partial charge in [-0.15, -0.1) is 0 Å². The summed E-state index contributed by atoms with van der Waals surface area (Å²) in [5, 5.41) is 3.54. The molecule has 2 fully saturated rings. The van der Waals surface area contributed by atoms with Crippen molar-refractivity contribution in [1.29, 1.82) is 0 Å². The van der Waals surface area contributed by atoms with Gasteiger partial charge in [-0.2, -0.15) is 0 Å². The number of rotatable bonds is 8. The molecule has 4 heteroatoms. The Labute approximate surface area is 125 Å². The first kappa shape index (κ1) is 16.2. The lowest BCUT2D eigenvalue weighted by atomic mass is 9.96. The summed E-state index contributed by atoms with van der Waals surface area (Å²) in [4.78, 5) is 7.56. The van der Waals surface area contributed by atoms with Crippen LogP contribution in [0, 0.1) is 5.92 Å². The van der Waals surface area contributed by atoms with Crippen molar-refractivity contribution in [2.24, 2.45) is 5.92 Å². The number of hydrogen-bond donors (Lipinski definition) is 1. The highest BCUT2D eigenvalue weighted by Crippen LogP contribution is 2.20. The number of nitrogens with one attached hydrogen (secondary N) is 1. The molecule has 0 bridgehead atoms. The van der Waals surface area contributed by atoms with Crippen LogP contribution in [0.4, 0.5) is 0 Å². The molecule has 0 amide bonds. The zero-order chi connectivity index (χ0) is 14.2. The number of hydrogen-bond acceptors (Lipinski definition) is 4. The van der Waals surface area contributed by atoms with E-state index in [0.29, 0.717) is 0 Å². The van der Waals surface area contributed by atoms with Crippen LogP contribution in [0.15, 0.2) is 0 Å². The van der Waals surface area contributed by atoms with E-state index in [0.717, 1.165) is 25.6 Å². The average molecular weight is 282 g/mol. The maximum atomic E-state index is 3.54. The van der Waals surface area contributed by atoms with Crippen LogP contribution in [0.2, 0.25) is 0 Å². The van der Waals surface area contributed by atoms with Crippen molar-refractivity contribution >= 4 is 0 Å². The SMILES string of the molecule is CN(C)CCNCCN1CCC(CN2CCCC2)CC1. The summed E-state index contributed by atoms with van der Waals surface area (Å²) in [6.07, 6.45) is 5.68. The first-order valence-corrected chi connectivity index (χ1v) is 8.54. The highest BCUT2D eigenvalue weighted by molar-refractivity contribution is 4.77. The van der Waals surface area contributed by atoms with Gasteiger partial charge in [0.15, 0.2) is 0 Å². The Morgan fingerprint density at radius 2 is 1.65 bits per heavy atom. The summed E-state index contributed by atoms with van der Waals surface area (Å²) >= 11 is 0. The molecule has 0 spiro atoms. The second-order valence-corrected chi connectivity index (χ2v) is 6.85. The Bertz CT molecular complexity index is 243. The lowest BCUT2D eigenvalue weighted by Crippen LogP contribution is -2.41. The average Bonchev–Trinajstić information content (AvgIpc) is 2.93. The topological polar surface area (TPSA) is 21.8 Å². The van der Waals surface area contributed by atoms with Gasteiger partial charge in [-0.3, -0.25) is 0 Å². The van der Waals surface area contributed by atoms with Gasteiger partial charge in [0.25, 0.3) is 0 Å². The van der Waals surface area contributed by atoms with E-state index in [-0.39, 0.29) is 0 Å². The third-order valence-corrected chi connectivity index (χ3v) is 4.76. The van der Waals surface area contributed by atoms with Gasteiger partial charge in [-0.05, 0) is 71.9 Å². The molecule has 2 aliphatic heterocycles. The monoisotopic (exact) mass is 282 g/mol. The quantitative estimate of drug-likeness (QED) is 0.669. The van der Waals surface area contributed by atoms with Gasteiger partial charge < -0.3 is 20.0 Å². The Morgan fingerprint density at radius 3 is 2.30 bits per heavy atom. The van der Waals surface area contributed by atoms with Gasteiger partial charge in [0.05, 0.1) is 0 Å². The fraction of sp³-hybridized carbons (Fsp3) is 1.00. The van der Waals surface area contributed by atoms with E-state index >= 15 is 0 Å². The van der Waals surface area contributed by atoms with Crippen LogP contribution < -0.4 is 5.32 Å². The largest absolute Gasteiger partial charge is 0.314 e. The van der Waals surface area contributed by atoms with E-state index < -0.39 is 0 Å². The van der Waals surface area contributed by atoms with Gasteiger partial charge in [-0.1, -0.05) is 0 Å². The summed E-state index contributed by atoms with van der Waals surface area (Å²) in [6, 6.07) is 0. The first-order chi connectivity index (χ1) is 9.74. The molecule has 2 heterocycles. The van der Waals surface area contributed by atoms with Crippen molar-refractivity contribution < 1.29 is 0 Å². The summed E-state index contributed by atoms with van der Waals surface area (Å²) in [6.45, 7) is 11.3. The molecule has 2 rings (SSSR count). The molecule has 0 radical (unpaired) electrons. The van der Waals surface area contributed by atoms with Crippen molar-refractivity contribution in [3.63, 3.8) is 0 Å². The minimum absolute atomic E-state index is 0.964. The van der Waals surface area contributed by atoms with Crippen LogP contribution in [0.1, 0.15) is 25.7 Å². The molecule has 0 aromatic carbocycles. The minimum atomic E-state index is 0.964. The first-order valence-electron chi connectivity index (χ1n) is 8.54. The van der Waals surface area contributed by atoms with Crippen molar-refractivity contribution in [1.82, 2.24) is 20.0 Å². The van der Waals surface area contributed by atoms with Crippen molar-refractivity contribution in [3.8, 4) is 0 Å². The van der Waals surface area contributed by atoms with Crippen LogP contribution >= 0.6 is 0 Å². The molecule has 118 valence electrons. The fourth-order valence-electron chi connectivity index (χ4n) is 3.39. The maximum Gasteiger partial charge on any atom is 0.0107 e. The van der Waals surface area contributed by atoms with Crippen LogP contribution in [-0.4, -0.2) is 87.7 Å². The van der Waals surface area contributed by atoms with Crippen LogP contribution in [0.3, 0.4) is 0 Å². The smallest absolute Gasteiger partial charge is 0.0107 e. The second kappa shape index (κ2) is 8.98. The molecule has 4 nitrogen and oxygen atoms in total. The molecule has 1 N–H and O–H groups in total. The maximum absolute atomic E-state index is 3.54. The standard InChI is InChI=1S/C16H34N4/c1-18(2)13-7-17-8-14-19-11-5-16(6-12-19)15-20-9-3-4-10-20/h16-17H,3-15H2,1-2H3. The minimum Gasteiger partial charge on any atom is -0.314 e. The van der Waals surface area contributed by atoms with Gasteiger partial charge >= 0.3 is 0 Å². The molecule has 2 aliphatic rings. The second-order valence-electron chi connectivity index (χ2n) is 6.85. The van der Waals surface area contributed by atoms with E-state index in [1.807, 2.05) is 0 Å². The van der Waals surface area contributed by atoms with E-state index in [2.05, 4.69) is 34.1 Å². The molecule has 0 aromatic rings. The molecule has 0 aromatic heterocycles. The highest BCUT2D eigenvalue weighted by Gasteiger charge is 2.22. The van der Waals surface area contributed by atoms with Crippen molar-refractivity contribution in [2.75, 3.05) is 73.0 Å². The molecular weight excluding hydrogens is 248 g/mol. The van der Waals surface area contributed by atoms with Crippen LogP contribution in [0.5, 0.6) is 0 Å². The van der Waals surface area contributed by atoms with Gasteiger partial charge in [0.1, 0.15) is 0 Å².